The van der Waals surface area contributed by atoms with Crippen LogP contribution in [0, 0.1) is 17.7 Å². The van der Waals surface area contributed by atoms with Crippen LogP contribution in [0.15, 0.2) is 41.1 Å². The molecule has 0 saturated carbocycles. The van der Waals surface area contributed by atoms with Gasteiger partial charge in [0.1, 0.15) is 23.1 Å². The molecule has 6 nitrogen and oxygen atoms in total. The largest absolute Gasteiger partial charge is 0.357 e. The molecule has 0 spiro atoms. The molecule has 1 atom stereocenters. The third-order valence-electron chi connectivity index (χ3n) is 5.45. The van der Waals surface area contributed by atoms with Gasteiger partial charge in [-0.1, -0.05) is 0 Å². The number of benzene rings is 2. The summed E-state index contributed by atoms with van der Waals surface area (Å²) in [6.07, 6.45) is 4.83. The number of nitrogens with zero attached hydrogens (tertiary/aromatic N) is 5. The van der Waals surface area contributed by atoms with Crippen molar-refractivity contribution in [2.45, 2.75) is 25.3 Å². The number of anilines is 1. The average Bonchev–Trinajstić information content (AvgIpc) is 3.42. The molecule has 29 heavy (non-hydrogen) atoms. The zero-order chi connectivity index (χ0) is 20.2. The van der Waals surface area contributed by atoms with Crippen molar-refractivity contribution in [3.63, 3.8) is 0 Å². The number of imidazole rings is 1. The number of aromatic amines is 1. The van der Waals surface area contributed by atoms with Crippen molar-refractivity contribution in [3.8, 4) is 5.69 Å². The molecule has 3 heterocycles. The van der Waals surface area contributed by atoms with E-state index in [1.54, 1.807) is 18.5 Å². The predicted octanol–water partition coefficient (Wildman–Crippen LogP) is 4.50. The van der Waals surface area contributed by atoms with Crippen LogP contribution in [-0.2, 0) is 5.54 Å². The molecule has 147 valence electrons. The van der Waals surface area contributed by atoms with E-state index in [4.69, 9.17) is 0 Å². The summed E-state index contributed by atoms with van der Waals surface area (Å²) in [4.78, 5) is 11.5. The number of rotatable bonds is 3. The van der Waals surface area contributed by atoms with Crippen LogP contribution in [0.2, 0.25) is 0 Å². The summed E-state index contributed by atoms with van der Waals surface area (Å²) in [5.41, 5.74) is 1.95. The summed E-state index contributed by atoms with van der Waals surface area (Å²) in [6, 6.07) is 8.77. The first kappa shape index (κ1) is 18.2. The van der Waals surface area contributed by atoms with Crippen molar-refractivity contribution in [2.24, 2.45) is 0 Å². The maximum atomic E-state index is 14.2. The molecule has 2 aromatic carbocycles. The Bertz CT molecular complexity index is 1170. The van der Waals surface area contributed by atoms with Gasteiger partial charge in [0.2, 0.25) is 0 Å². The Labute approximate surface area is 173 Å². The van der Waals surface area contributed by atoms with Gasteiger partial charge in [0.05, 0.1) is 39.1 Å². The highest BCUT2D eigenvalue weighted by molar-refractivity contribution is 9.10. The van der Waals surface area contributed by atoms with Gasteiger partial charge in [0.15, 0.2) is 0 Å². The molecule has 0 bridgehead atoms. The molecular weight excluding hydrogens is 442 g/mol. The molecule has 1 radical (unpaired) electrons. The third kappa shape index (κ3) is 2.91. The number of nitrogens with one attached hydrogen (secondary N) is 1. The van der Waals surface area contributed by atoms with Gasteiger partial charge in [-0.3, -0.25) is 0 Å². The Hall–Kier alpha value is -2.81. The molecule has 1 saturated heterocycles. The van der Waals surface area contributed by atoms with E-state index in [0.717, 1.165) is 18.4 Å². The number of aromatic nitrogens is 5. The van der Waals surface area contributed by atoms with E-state index < -0.39 is 5.54 Å². The minimum absolute atomic E-state index is 0.365. The maximum Gasteiger partial charge on any atom is 0.139 e. The van der Waals surface area contributed by atoms with Crippen LogP contribution < -0.4 is 4.90 Å². The summed E-state index contributed by atoms with van der Waals surface area (Å²) in [7, 11) is 0. The standard InChI is InChI=1S/C20H16BrF2N6/c1-20(19-26-15-10-13(21)14(23)11-16(15)27-19)5-2-8-28(20)18-9-12(22)3-4-17(18)29-24-6-7-25-29/h3,6-7,9-11H,2,5,8H2,1H3,(H,26,27)/t20-/m0/s1. The maximum absolute atomic E-state index is 14.2. The fourth-order valence-corrected chi connectivity index (χ4v) is 4.35. The van der Waals surface area contributed by atoms with Gasteiger partial charge < -0.3 is 9.88 Å². The second kappa shape index (κ2) is 6.62. The number of hydrogen-bond donors (Lipinski definition) is 1. The molecular formula is C20H16BrF2N6. The number of H-pyrrole nitrogens is 1. The highest BCUT2D eigenvalue weighted by Crippen LogP contribution is 2.43. The second-order valence-corrected chi connectivity index (χ2v) is 8.12. The molecule has 1 N–H and O–H groups in total. The Balaban J connectivity index is 1.65. The topological polar surface area (TPSA) is 62.6 Å². The van der Waals surface area contributed by atoms with Crippen molar-refractivity contribution in [1.29, 1.82) is 0 Å². The summed E-state index contributed by atoms with van der Waals surface area (Å²) < 4.78 is 28.5. The molecule has 4 aromatic rings. The van der Waals surface area contributed by atoms with Gasteiger partial charge >= 0.3 is 0 Å². The fraction of sp³-hybridized carbons (Fsp3) is 0.250. The molecule has 5 rings (SSSR count). The van der Waals surface area contributed by atoms with Crippen LogP contribution in [0.5, 0.6) is 0 Å². The van der Waals surface area contributed by atoms with E-state index in [0.29, 0.717) is 33.7 Å². The SMILES string of the molecule is C[C@@]1(c2nc3cc(F)c(Br)cc3[nH]2)CCCN1c1cc(F)c[c]c1-n1nccn1. The van der Waals surface area contributed by atoms with E-state index >= 15 is 0 Å². The summed E-state index contributed by atoms with van der Waals surface area (Å²) in [6.45, 7) is 2.76. The fourth-order valence-electron chi connectivity index (χ4n) is 4.00. The van der Waals surface area contributed by atoms with Gasteiger partial charge in [-0.25, -0.2) is 13.8 Å². The van der Waals surface area contributed by atoms with Crippen molar-refractivity contribution >= 4 is 32.7 Å². The monoisotopic (exact) mass is 457 g/mol. The van der Waals surface area contributed by atoms with Crippen LogP contribution >= 0.6 is 15.9 Å². The van der Waals surface area contributed by atoms with Crippen molar-refractivity contribution in [2.75, 3.05) is 11.4 Å². The minimum atomic E-state index is -0.536. The van der Waals surface area contributed by atoms with Crippen LogP contribution in [0.25, 0.3) is 16.7 Å². The normalized spacial score (nSPS) is 19.4. The molecule has 0 aliphatic carbocycles. The first-order valence-electron chi connectivity index (χ1n) is 9.16. The zero-order valence-corrected chi connectivity index (χ0v) is 17.0. The van der Waals surface area contributed by atoms with Crippen LogP contribution in [-0.4, -0.2) is 31.5 Å². The molecule has 1 fully saturated rings. The number of halogens is 3. The Kier molecular flexibility index (Phi) is 4.16. The first-order valence-corrected chi connectivity index (χ1v) is 9.96. The van der Waals surface area contributed by atoms with Crippen LogP contribution in [0.3, 0.4) is 0 Å². The second-order valence-electron chi connectivity index (χ2n) is 7.27. The van der Waals surface area contributed by atoms with E-state index in [1.807, 2.05) is 6.92 Å². The van der Waals surface area contributed by atoms with Gasteiger partial charge in [0, 0.05) is 18.7 Å². The lowest BCUT2D eigenvalue weighted by Gasteiger charge is -2.36. The van der Waals surface area contributed by atoms with Gasteiger partial charge in [-0.15, -0.1) is 4.80 Å². The highest BCUT2D eigenvalue weighted by Gasteiger charge is 2.42. The van der Waals surface area contributed by atoms with Gasteiger partial charge in [-0.05, 0) is 53.9 Å². The van der Waals surface area contributed by atoms with Crippen LogP contribution in [0.4, 0.5) is 14.5 Å². The Morgan fingerprint density at radius 3 is 2.79 bits per heavy atom. The predicted molar refractivity (Wildman–Crippen MR) is 108 cm³/mol. The smallest absolute Gasteiger partial charge is 0.139 e. The van der Waals surface area contributed by atoms with Gasteiger partial charge in [0.25, 0.3) is 0 Å². The third-order valence-corrected chi connectivity index (χ3v) is 6.06. The quantitative estimate of drug-likeness (QED) is 0.491. The zero-order valence-electron chi connectivity index (χ0n) is 15.5. The van der Waals surface area contributed by atoms with E-state index in [1.165, 1.54) is 23.0 Å². The lowest BCUT2D eigenvalue weighted by molar-refractivity contribution is 0.465. The molecule has 0 amide bonds. The molecule has 0 unspecified atom stereocenters. The van der Waals surface area contributed by atoms with Crippen LogP contribution in [0.1, 0.15) is 25.6 Å². The molecule has 2 aromatic heterocycles. The lowest BCUT2D eigenvalue weighted by Crippen LogP contribution is -2.40. The van der Waals surface area contributed by atoms with Crippen molar-refractivity contribution in [1.82, 2.24) is 25.0 Å². The Morgan fingerprint density at radius 2 is 2.00 bits per heavy atom. The number of hydrogen-bond acceptors (Lipinski definition) is 4. The summed E-state index contributed by atoms with van der Waals surface area (Å²) in [5, 5.41) is 8.36. The number of fused-ring (bicyclic) bond motifs is 1. The summed E-state index contributed by atoms with van der Waals surface area (Å²) in [5.74, 6) is -0.0531. The van der Waals surface area contributed by atoms with Crippen molar-refractivity contribution < 1.29 is 8.78 Å². The average molecular weight is 458 g/mol. The van der Waals surface area contributed by atoms with E-state index in [2.05, 4.69) is 47.1 Å². The van der Waals surface area contributed by atoms with Crippen molar-refractivity contribution in [3.05, 3.63) is 64.7 Å². The van der Waals surface area contributed by atoms with Gasteiger partial charge in [-0.2, -0.15) is 10.2 Å². The lowest BCUT2D eigenvalue weighted by atomic mass is 9.97. The molecule has 1 aliphatic heterocycles. The molecule has 9 heteroatoms. The summed E-state index contributed by atoms with van der Waals surface area (Å²) >= 11 is 3.22. The molecule has 1 aliphatic rings. The minimum Gasteiger partial charge on any atom is -0.357 e. The van der Waals surface area contributed by atoms with E-state index in [-0.39, 0.29) is 11.6 Å². The Morgan fingerprint density at radius 1 is 1.21 bits per heavy atom. The highest BCUT2D eigenvalue weighted by atomic mass is 79.9. The van der Waals surface area contributed by atoms with E-state index in [9.17, 15) is 8.78 Å². The first-order chi connectivity index (χ1) is 14.0.